The normalized spacial score (nSPS) is 11.1. The lowest BCUT2D eigenvalue weighted by atomic mass is 9.96. The van der Waals surface area contributed by atoms with Crippen molar-refractivity contribution in [2.45, 2.75) is 13.1 Å². The Morgan fingerprint density at radius 2 is 1.74 bits per heavy atom. The van der Waals surface area contributed by atoms with Crippen molar-refractivity contribution in [3.05, 3.63) is 59.2 Å². The summed E-state index contributed by atoms with van der Waals surface area (Å²) in [6, 6.07) is 11.0. The smallest absolute Gasteiger partial charge is 0.166 e. The fourth-order valence-electron chi connectivity index (χ4n) is 1.93. The monoisotopic (exact) mass is 260 g/mol. The highest BCUT2D eigenvalue weighted by Gasteiger charge is 2.31. The molecule has 0 unspecified atom stereocenters. The van der Waals surface area contributed by atoms with E-state index in [-0.39, 0.29) is 5.56 Å². The van der Waals surface area contributed by atoms with Gasteiger partial charge in [-0.15, -0.1) is 6.42 Å². The average molecular weight is 260 g/mol. The number of terminal acetylenes is 1. The van der Waals surface area contributed by atoms with Crippen molar-refractivity contribution in [2.24, 2.45) is 0 Å². The van der Waals surface area contributed by atoms with Gasteiger partial charge in [-0.05, 0) is 41.8 Å². The molecule has 0 aliphatic carbocycles. The Morgan fingerprint density at radius 3 is 2.32 bits per heavy atom. The summed E-state index contributed by atoms with van der Waals surface area (Å²) in [5.41, 5.74) is 1.66. The van der Waals surface area contributed by atoms with Crippen molar-refractivity contribution < 1.29 is 13.2 Å². The predicted octanol–water partition coefficient (Wildman–Crippen LogP) is 4.66. The summed E-state index contributed by atoms with van der Waals surface area (Å²) < 4.78 is 38.5. The number of benzene rings is 2. The van der Waals surface area contributed by atoms with Crippen molar-refractivity contribution in [2.75, 3.05) is 0 Å². The zero-order chi connectivity index (χ0) is 14.0. The van der Waals surface area contributed by atoms with E-state index in [0.717, 1.165) is 23.3 Å². The lowest BCUT2D eigenvalue weighted by molar-refractivity contribution is -0.137. The van der Waals surface area contributed by atoms with Gasteiger partial charge in [0.05, 0.1) is 5.56 Å². The minimum atomic E-state index is -4.40. The van der Waals surface area contributed by atoms with E-state index >= 15 is 0 Å². The van der Waals surface area contributed by atoms with E-state index in [1.165, 1.54) is 0 Å². The molecule has 0 nitrogen and oxygen atoms in total. The predicted molar refractivity (Wildman–Crippen MR) is 69.6 cm³/mol. The van der Waals surface area contributed by atoms with Gasteiger partial charge >= 0.3 is 6.18 Å². The SMILES string of the molecule is C#Cc1cc(-c2ccccc2C)cc(C(F)(F)F)c1. The van der Waals surface area contributed by atoms with E-state index < -0.39 is 11.7 Å². The van der Waals surface area contributed by atoms with Gasteiger partial charge < -0.3 is 0 Å². The Bertz CT molecular complexity index is 646. The quantitative estimate of drug-likeness (QED) is 0.654. The molecular formula is C16H11F3. The second kappa shape index (κ2) is 4.81. The Morgan fingerprint density at radius 1 is 1.05 bits per heavy atom. The second-order valence-electron chi connectivity index (χ2n) is 4.26. The molecular weight excluding hydrogens is 249 g/mol. The molecule has 19 heavy (non-hydrogen) atoms. The minimum absolute atomic E-state index is 0.230. The van der Waals surface area contributed by atoms with Crippen LogP contribution in [0.15, 0.2) is 42.5 Å². The molecule has 0 radical (unpaired) electrons. The van der Waals surface area contributed by atoms with E-state index in [9.17, 15) is 13.2 Å². The van der Waals surface area contributed by atoms with E-state index in [2.05, 4.69) is 5.92 Å². The fourth-order valence-corrected chi connectivity index (χ4v) is 1.93. The molecule has 2 aromatic carbocycles. The lowest BCUT2D eigenvalue weighted by Crippen LogP contribution is -2.05. The number of hydrogen-bond donors (Lipinski definition) is 0. The summed E-state index contributed by atoms with van der Waals surface area (Å²) in [6.45, 7) is 1.85. The number of aryl methyl sites for hydroxylation is 1. The molecule has 3 heteroatoms. The molecule has 0 amide bonds. The van der Waals surface area contributed by atoms with Crippen LogP contribution in [0.25, 0.3) is 11.1 Å². The fraction of sp³-hybridized carbons (Fsp3) is 0.125. The van der Waals surface area contributed by atoms with Crippen LogP contribution in [-0.4, -0.2) is 0 Å². The molecule has 0 bridgehead atoms. The summed E-state index contributed by atoms with van der Waals surface area (Å²) in [6.07, 6.45) is 0.831. The molecule has 0 aliphatic heterocycles. The average Bonchev–Trinajstić information content (AvgIpc) is 2.37. The summed E-state index contributed by atoms with van der Waals surface area (Å²) >= 11 is 0. The lowest BCUT2D eigenvalue weighted by Gasteiger charge is -2.12. The van der Waals surface area contributed by atoms with Crippen LogP contribution in [0.4, 0.5) is 13.2 Å². The molecule has 0 atom stereocenters. The third-order valence-corrected chi connectivity index (χ3v) is 2.88. The molecule has 96 valence electrons. The van der Waals surface area contributed by atoms with Crippen molar-refractivity contribution in [1.29, 1.82) is 0 Å². The van der Waals surface area contributed by atoms with Crippen molar-refractivity contribution >= 4 is 0 Å². The third-order valence-electron chi connectivity index (χ3n) is 2.88. The van der Waals surface area contributed by atoms with Crippen molar-refractivity contribution in [3.8, 4) is 23.5 Å². The largest absolute Gasteiger partial charge is 0.416 e. The molecule has 2 rings (SSSR count). The summed E-state index contributed by atoms with van der Waals surface area (Å²) in [5, 5.41) is 0. The van der Waals surface area contributed by atoms with Gasteiger partial charge in [-0.1, -0.05) is 30.2 Å². The zero-order valence-corrected chi connectivity index (χ0v) is 10.3. The molecule has 0 aromatic heterocycles. The van der Waals surface area contributed by atoms with Crippen LogP contribution in [0.2, 0.25) is 0 Å². The van der Waals surface area contributed by atoms with Gasteiger partial charge in [0.15, 0.2) is 0 Å². The van der Waals surface area contributed by atoms with Crippen molar-refractivity contribution in [1.82, 2.24) is 0 Å². The van der Waals surface area contributed by atoms with E-state index in [1.807, 2.05) is 19.1 Å². The zero-order valence-electron chi connectivity index (χ0n) is 10.3. The van der Waals surface area contributed by atoms with Crippen LogP contribution in [0, 0.1) is 19.3 Å². The molecule has 0 N–H and O–H groups in total. The standard InChI is InChI=1S/C16H11F3/c1-3-12-8-13(10-14(9-12)16(17,18)19)15-7-5-4-6-11(15)2/h1,4-10H,2H3. The highest BCUT2D eigenvalue weighted by Crippen LogP contribution is 2.34. The Balaban J connectivity index is 2.66. The first-order valence-electron chi connectivity index (χ1n) is 5.67. The van der Waals surface area contributed by atoms with Gasteiger partial charge in [0, 0.05) is 5.56 Å². The highest BCUT2D eigenvalue weighted by atomic mass is 19.4. The first-order chi connectivity index (χ1) is 8.91. The topological polar surface area (TPSA) is 0 Å². The molecule has 0 saturated carbocycles. The number of alkyl halides is 3. The number of rotatable bonds is 1. The maximum absolute atomic E-state index is 12.8. The summed E-state index contributed by atoms with van der Waals surface area (Å²) in [4.78, 5) is 0. The van der Waals surface area contributed by atoms with Crippen LogP contribution >= 0.6 is 0 Å². The molecule has 0 aliphatic rings. The highest BCUT2D eigenvalue weighted by molar-refractivity contribution is 5.69. The summed E-state index contributed by atoms with van der Waals surface area (Å²) in [5.74, 6) is 2.27. The van der Waals surface area contributed by atoms with Crippen molar-refractivity contribution in [3.63, 3.8) is 0 Å². The molecule has 2 aromatic rings. The Labute approximate surface area is 109 Å². The molecule has 0 fully saturated rings. The van der Waals surface area contributed by atoms with Gasteiger partial charge in [0.25, 0.3) is 0 Å². The van der Waals surface area contributed by atoms with Crippen LogP contribution in [0.5, 0.6) is 0 Å². The maximum atomic E-state index is 12.8. The van der Waals surface area contributed by atoms with Gasteiger partial charge in [-0.3, -0.25) is 0 Å². The number of hydrogen-bond acceptors (Lipinski definition) is 0. The Hall–Kier alpha value is -2.21. The van der Waals surface area contributed by atoms with Gasteiger partial charge in [-0.2, -0.15) is 13.2 Å². The van der Waals surface area contributed by atoms with E-state index in [0.29, 0.717) is 5.56 Å². The first-order valence-corrected chi connectivity index (χ1v) is 5.67. The van der Waals surface area contributed by atoms with Crippen LogP contribution < -0.4 is 0 Å². The Kier molecular flexibility index (Phi) is 3.35. The van der Waals surface area contributed by atoms with E-state index in [4.69, 9.17) is 6.42 Å². The van der Waals surface area contributed by atoms with Crippen LogP contribution in [-0.2, 0) is 6.18 Å². The molecule has 0 spiro atoms. The number of halogens is 3. The van der Waals surface area contributed by atoms with Crippen LogP contribution in [0.3, 0.4) is 0 Å². The molecule has 0 heterocycles. The van der Waals surface area contributed by atoms with Gasteiger partial charge in [0.2, 0.25) is 0 Å². The molecule has 0 saturated heterocycles. The maximum Gasteiger partial charge on any atom is 0.416 e. The first kappa shape index (κ1) is 13.2. The van der Waals surface area contributed by atoms with Gasteiger partial charge in [-0.25, -0.2) is 0 Å². The summed E-state index contributed by atoms with van der Waals surface area (Å²) in [7, 11) is 0. The second-order valence-corrected chi connectivity index (χ2v) is 4.26. The third kappa shape index (κ3) is 2.79. The minimum Gasteiger partial charge on any atom is -0.166 e. The van der Waals surface area contributed by atoms with Crippen LogP contribution in [0.1, 0.15) is 16.7 Å². The van der Waals surface area contributed by atoms with Gasteiger partial charge in [0.1, 0.15) is 0 Å². The van der Waals surface area contributed by atoms with E-state index in [1.54, 1.807) is 18.2 Å².